The number of ketones is 1. The molecule has 2 rings (SSSR count). The molecular formula is C16H10FNO. The molecule has 3 heteroatoms. The molecule has 0 saturated carbocycles. The lowest BCUT2D eigenvalue weighted by atomic mass is 10.0. The second-order valence-corrected chi connectivity index (χ2v) is 3.92. The van der Waals surface area contributed by atoms with Crippen LogP contribution in [0.15, 0.2) is 60.2 Å². The summed E-state index contributed by atoms with van der Waals surface area (Å²) in [5.74, 6) is -0.697. The smallest absolute Gasteiger partial charge is 0.203 e. The largest absolute Gasteiger partial charge is 0.288 e. The number of hydrogen-bond acceptors (Lipinski definition) is 2. The molecule has 0 radical (unpaired) electrons. The van der Waals surface area contributed by atoms with E-state index in [-0.39, 0.29) is 17.2 Å². The van der Waals surface area contributed by atoms with E-state index in [9.17, 15) is 9.18 Å². The minimum atomic E-state index is -0.356. The van der Waals surface area contributed by atoms with Crippen molar-refractivity contribution in [3.8, 4) is 6.07 Å². The summed E-state index contributed by atoms with van der Waals surface area (Å²) in [7, 11) is 0. The van der Waals surface area contributed by atoms with Gasteiger partial charge < -0.3 is 0 Å². The van der Waals surface area contributed by atoms with E-state index >= 15 is 0 Å². The van der Waals surface area contributed by atoms with E-state index in [1.54, 1.807) is 30.3 Å². The predicted molar refractivity (Wildman–Crippen MR) is 70.8 cm³/mol. The van der Waals surface area contributed by atoms with Gasteiger partial charge in [0.2, 0.25) is 5.78 Å². The van der Waals surface area contributed by atoms with E-state index in [0.717, 1.165) is 0 Å². The quantitative estimate of drug-likeness (QED) is 0.475. The van der Waals surface area contributed by atoms with Gasteiger partial charge in [-0.2, -0.15) is 5.26 Å². The van der Waals surface area contributed by atoms with Gasteiger partial charge in [0.05, 0.1) is 0 Å². The molecule has 0 unspecified atom stereocenters. The Balaban J connectivity index is 2.33. The second-order valence-electron chi connectivity index (χ2n) is 3.92. The van der Waals surface area contributed by atoms with Gasteiger partial charge in [0.1, 0.15) is 17.5 Å². The summed E-state index contributed by atoms with van der Waals surface area (Å²) in [5, 5.41) is 9.06. The Bertz CT molecular complexity index is 651. The van der Waals surface area contributed by atoms with Crippen LogP contribution in [0.4, 0.5) is 4.39 Å². The number of rotatable bonds is 3. The van der Waals surface area contributed by atoms with E-state index in [4.69, 9.17) is 5.26 Å². The highest BCUT2D eigenvalue weighted by Crippen LogP contribution is 2.13. The van der Waals surface area contributed by atoms with Crippen LogP contribution in [-0.2, 0) is 0 Å². The van der Waals surface area contributed by atoms with Crippen molar-refractivity contribution in [1.29, 1.82) is 5.26 Å². The highest BCUT2D eigenvalue weighted by molar-refractivity contribution is 6.13. The molecule has 0 fully saturated rings. The summed E-state index contributed by atoms with van der Waals surface area (Å²) in [4.78, 5) is 12.1. The van der Waals surface area contributed by atoms with Gasteiger partial charge in [0, 0.05) is 5.56 Å². The molecule has 2 nitrogen and oxygen atoms in total. The van der Waals surface area contributed by atoms with Crippen LogP contribution in [0, 0.1) is 17.1 Å². The van der Waals surface area contributed by atoms with Crippen LogP contribution < -0.4 is 0 Å². The fourth-order valence-corrected chi connectivity index (χ4v) is 1.62. The Morgan fingerprint density at radius 3 is 2.26 bits per heavy atom. The number of hydrogen-bond donors (Lipinski definition) is 0. The van der Waals surface area contributed by atoms with Crippen molar-refractivity contribution < 1.29 is 9.18 Å². The lowest BCUT2D eigenvalue weighted by Gasteiger charge is -1.99. The number of Topliss-reactive ketones (excluding diaryl/α,β-unsaturated/α-hetero) is 1. The Labute approximate surface area is 110 Å². The van der Waals surface area contributed by atoms with E-state index in [2.05, 4.69) is 0 Å². The standard InChI is InChI=1S/C16H10FNO/c17-15-8-6-12(7-9-15)10-14(11-18)16(19)13-4-2-1-3-5-13/h1-10H/b14-10-. The summed E-state index contributed by atoms with van der Waals surface area (Å²) in [6.07, 6.45) is 1.45. The van der Waals surface area contributed by atoms with Crippen LogP contribution in [0.3, 0.4) is 0 Å². The van der Waals surface area contributed by atoms with Gasteiger partial charge in [-0.3, -0.25) is 4.79 Å². The topological polar surface area (TPSA) is 40.9 Å². The first kappa shape index (κ1) is 12.7. The zero-order valence-corrected chi connectivity index (χ0v) is 10.0. The summed E-state index contributed by atoms with van der Waals surface area (Å²) >= 11 is 0. The number of allylic oxidation sites excluding steroid dienone is 1. The number of nitrogens with zero attached hydrogens (tertiary/aromatic N) is 1. The van der Waals surface area contributed by atoms with Gasteiger partial charge in [-0.05, 0) is 23.8 Å². The van der Waals surface area contributed by atoms with Gasteiger partial charge in [-0.25, -0.2) is 4.39 Å². The average molecular weight is 251 g/mol. The molecule has 0 atom stereocenters. The molecule has 0 aliphatic carbocycles. The fourth-order valence-electron chi connectivity index (χ4n) is 1.62. The second kappa shape index (κ2) is 5.74. The predicted octanol–water partition coefficient (Wildman–Crippen LogP) is 3.62. The molecule has 0 heterocycles. The maximum atomic E-state index is 12.8. The summed E-state index contributed by atoms with van der Waals surface area (Å²) in [5.41, 5.74) is 1.09. The van der Waals surface area contributed by atoms with Gasteiger partial charge in [0.15, 0.2) is 0 Å². The van der Waals surface area contributed by atoms with Crippen molar-refractivity contribution >= 4 is 11.9 Å². The van der Waals surface area contributed by atoms with Crippen LogP contribution in [-0.4, -0.2) is 5.78 Å². The molecule has 19 heavy (non-hydrogen) atoms. The molecular weight excluding hydrogens is 241 g/mol. The zero-order valence-electron chi connectivity index (χ0n) is 10.0. The number of halogens is 1. The van der Waals surface area contributed by atoms with Crippen molar-refractivity contribution in [1.82, 2.24) is 0 Å². The summed E-state index contributed by atoms with van der Waals surface area (Å²) < 4.78 is 12.8. The molecule has 0 saturated heterocycles. The maximum Gasteiger partial charge on any atom is 0.203 e. The number of carbonyl (C=O) groups is 1. The maximum absolute atomic E-state index is 12.8. The molecule has 2 aromatic carbocycles. The molecule has 0 N–H and O–H groups in total. The molecule has 0 aliphatic heterocycles. The van der Waals surface area contributed by atoms with Crippen molar-refractivity contribution in [3.05, 3.63) is 77.1 Å². The van der Waals surface area contributed by atoms with Crippen LogP contribution >= 0.6 is 0 Å². The molecule has 0 aliphatic rings. The number of nitriles is 1. The van der Waals surface area contributed by atoms with E-state index in [1.165, 1.54) is 30.3 Å². The van der Waals surface area contributed by atoms with Crippen molar-refractivity contribution in [2.24, 2.45) is 0 Å². The Hall–Kier alpha value is -2.73. The minimum Gasteiger partial charge on any atom is -0.288 e. The van der Waals surface area contributed by atoms with Crippen molar-refractivity contribution in [3.63, 3.8) is 0 Å². The van der Waals surface area contributed by atoms with E-state index < -0.39 is 0 Å². The molecule has 0 amide bonds. The van der Waals surface area contributed by atoms with Crippen LogP contribution in [0.5, 0.6) is 0 Å². The van der Waals surface area contributed by atoms with Crippen LogP contribution in [0.2, 0.25) is 0 Å². The van der Waals surface area contributed by atoms with E-state index in [0.29, 0.717) is 11.1 Å². The normalized spacial score (nSPS) is 10.8. The van der Waals surface area contributed by atoms with Gasteiger partial charge in [0.25, 0.3) is 0 Å². The third kappa shape index (κ3) is 3.14. The molecule has 2 aromatic rings. The zero-order chi connectivity index (χ0) is 13.7. The Morgan fingerprint density at radius 1 is 1.05 bits per heavy atom. The Morgan fingerprint density at radius 2 is 1.68 bits per heavy atom. The highest BCUT2D eigenvalue weighted by atomic mass is 19.1. The third-order valence-electron chi connectivity index (χ3n) is 2.58. The summed E-state index contributed by atoms with van der Waals surface area (Å²) in [6, 6.07) is 16.1. The lowest BCUT2D eigenvalue weighted by Crippen LogP contribution is -2.01. The highest BCUT2D eigenvalue weighted by Gasteiger charge is 2.11. The molecule has 0 aromatic heterocycles. The Kier molecular flexibility index (Phi) is 3.84. The average Bonchev–Trinajstić information content (AvgIpc) is 2.47. The number of carbonyl (C=O) groups excluding carboxylic acids is 1. The minimum absolute atomic E-state index is 0.0257. The van der Waals surface area contributed by atoms with E-state index in [1.807, 2.05) is 6.07 Å². The van der Waals surface area contributed by atoms with Crippen molar-refractivity contribution in [2.45, 2.75) is 0 Å². The van der Waals surface area contributed by atoms with Crippen molar-refractivity contribution in [2.75, 3.05) is 0 Å². The first-order valence-electron chi connectivity index (χ1n) is 5.68. The first-order chi connectivity index (χ1) is 9.20. The monoisotopic (exact) mass is 251 g/mol. The van der Waals surface area contributed by atoms with Crippen LogP contribution in [0.25, 0.3) is 6.08 Å². The van der Waals surface area contributed by atoms with Gasteiger partial charge in [-0.15, -0.1) is 0 Å². The van der Waals surface area contributed by atoms with Crippen LogP contribution in [0.1, 0.15) is 15.9 Å². The summed E-state index contributed by atoms with van der Waals surface area (Å²) in [6.45, 7) is 0. The lowest BCUT2D eigenvalue weighted by molar-refractivity contribution is 0.104. The molecule has 92 valence electrons. The number of benzene rings is 2. The van der Waals surface area contributed by atoms with Gasteiger partial charge >= 0.3 is 0 Å². The molecule has 0 bridgehead atoms. The third-order valence-corrected chi connectivity index (χ3v) is 2.58. The molecule has 0 spiro atoms. The fraction of sp³-hybridized carbons (Fsp3) is 0. The van der Waals surface area contributed by atoms with Gasteiger partial charge in [-0.1, -0.05) is 42.5 Å². The SMILES string of the molecule is N#C/C(=C/c1ccc(F)cc1)C(=O)c1ccccc1. The first-order valence-corrected chi connectivity index (χ1v) is 5.68.